The van der Waals surface area contributed by atoms with Crippen LogP contribution < -0.4 is 0 Å². The maximum atomic E-state index is 4.94. The molecule has 40 heavy (non-hydrogen) atoms. The van der Waals surface area contributed by atoms with Crippen LogP contribution in [-0.2, 0) is 10.8 Å². The van der Waals surface area contributed by atoms with E-state index in [0.717, 1.165) is 5.52 Å². The third kappa shape index (κ3) is 3.72. The summed E-state index contributed by atoms with van der Waals surface area (Å²) in [6.07, 6.45) is 1.93. The average Bonchev–Trinajstić information content (AvgIpc) is 2.93. The summed E-state index contributed by atoms with van der Waals surface area (Å²) < 4.78 is 0. The molecule has 7 aromatic rings. The molecular formula is C39H35N. The minimum Gasteiger partial charge on any atom is -0.256 e. The lowest BCUT2D eigenvalue weighted by atomic mass is 9.73. The number of benzene rings is 6. The van der Waals surface area contributed by atoms with E-state index >= 15 is 0 Å². The van der Waals surface area contributed by atoms with Crippen molar-refractivity contribution < 1.29 is 0 Å². The van der Waals surface area contributed by atoms with Crippen molar-refractivity contribution in [3.05, 3.63) is 114 Å². The van der Waals surface area contributed by atoms with Crippen LogP contribution in [0.25, 0.3) is 65.1 Å². The van der Waals surface area contributed by atoms with Crippen molar-refractivity contribution in [1.29, 1.82) is 0 Å². The van der Waals surface area contributed by atoms with Crippen molar-refractivity contribution in [2.75, 3.05) is 0 Å². The van der Waals surface area contributed by atoms with Crippen LogP contribution in [0.15, 0.2) is 103 Å². The fourth-order valence-corrected chi connectivity index (χ4v) is 6.90. The van der Waals surface area contributed by atoms with Gasteiger partial charge >= 0.3 is 0 Å². The van der Waals surface area contributed by atoms with E-state index in [4.69, 9.17) is 4.98 Å². The van der Waals surface area contributed by atoms with E-state index in [9.17, 15) is 0 Å². The Bertz CT molecular complexity index is 2120. The molecular weight excluding hydrogens is 482 g/mol. The number of hydrogen-bond acceptors (Lipinski definition) is 1. The summed E-state index contributed by atoms with van der Waals surface area (Å²) in [6.45, 7) is 14.1. The highest BCUT2D eigenvalue weighted by atomic mass is 14.6. The Hall–Kier alpha value is -4.23. The summed E-state index contributed by atoms with van der Waals surface area (Å²) in [5, 5.41) is 11.7. The number of aromatic nitrogens is 1. The van der Waals surface area contributed by atoms with E-state index in [0.29, 0.717) is 0 Å². The second kappa shape index (κ2) is 8.63. The number of nitrogens with zero attached hydrogens (tertiary/aromatic N) is 1. The van der Waals surface area contributed by atoms with Crippen molar-refractivity contribution >= 4 is 54.0 Å². The third-order valence-electron chi connectivity index (χ3n) is 8.43. The van der Waals surface area contributed by atoms with Gasteiger partial charge in [0.15, 0.2) is 0 Å². The van der Waals surface area contributed by atoms with Gasteiger partial charge in [0.1, 0.15) is 0 Å². The van der Waals surface area contributed by atoms with Gasteiger partial charge in [0.25, 0.3) is 0 Å². The second-order valence-corrected chi connectivity index (χ2v) is 13.3. The Labute approximate surface area is 236 Å². The van der Waals surface area contributed by atoms with Crippen LogP contribution in [0.4, 0.5) is 0 Å². The van der Waals surface area contributed by atoms with Crippen molar-refractivity contribution in [1.82, 2.24) is 4.98 Å². The predicted molar refractivity (Wildman–Crippen MR) is 175 cm³/mol. The molecule has 0 aliphatic heterocycles. The molecule has 0 saturated carbocycles. The number of fused-ring (bicyclic) bond motifs is 7. The van der Waals surface area contributed by atoms with Crippen molar-refractivity contribution in [2.45, 2.75) is 52.4 Å². The summed E-state index contributed by atoms with van der Waals surface area (Å²) >= 11 is 0. The Balaban J connectivity index is 1.67. The highest BCUT2D eigenvalue weighted by Gasteiger charge is 2.29. The van der Waals surface area contributed by atoms with Gasteiger partial charge < -0.3 is 0 Å². The summed E-state index contributed by atoms with van der Waals surface area (Å²) in [5.41, 5.74) is 6.30. The van der Waals surface area contributed by atoms with Gasteiger partial charge in [0.2, 0.25) is 0 Å². The molecule has 0 unspecified atom stereocenters. The van der Waals surface area contributed by atoms with Crippen LogP contribution in [0.1, 0.15) is 52.7 Å². The molecule has 1 aromatic heterocycles. The van der Waals surface area contributed by atoms with E-state index in [1.807, 2.05) is 12.3 Å². The highest BCUT2D eigenvalue weighted by molar-refractivity contribution is 6.18. The van der Waals surface area contributed by atoms with Crippen LogP contribution in [-0.4, -0.2) is 4.98 Å². The Kier molecular flexibility index (Phi) is 5.35. The smallest absolute Gasteiger partial charge is 0.0783 e. The number of rotatable bonds is 1. The minimum absolute atomic E-state index is 0.0561. The molecule has 196 valence electrons. The van der Waals surface area contributed by atoms with Crippen LogP contribution in [0.3, 0.4) is 0 Å². The fourth-order valence-electron chi connectivity index (χ4n) is 6.90. The van der Waals surface area contributed by atoms with Gasteiger partial charge in [0, 0.05) is 17.0 Å². The Morgan fingerprint density at radius 1 is 0.475 bits per heavy atom. The molecule has 0 atom stereocenters. The van der Waals surface area contributed by atoms with Crippen LogP contribution in [0.5, 0.6) is 0 Å². The van der Waals surface area contributed by atoms with Gasteiger partial charge in [-0.25, -0.2) is 0 Å². The highest BCUT2D eigenvalue weighted by Crippen LogP contribution is 2.47. The summed E-state index contributed by atoms with van der Waals surface area (Å²) in [5.74, 6) is 0. The zero-order valence-corrected chi connectivity index (χ0v) is 24.3. The molecule has 0 saturated heterocycles. The second-order valence-electron chi connectivity index (χ2n) is 13.3. The SMILES string of the molecule is CC(C)(C)c1c2cc(-c3cc4ccccc4c4ccccc34)ccc2c(C(C)(C)C)c2c1ccc1cccnc12. The van der Waals surface area contributed by atoms with E-state index in [1.54, 1.807) is 0 Å². The topological polar surface area (TPSA) is 12.9 Å². The van der Waals surface area contributed by atoms with Crippen molar-refractivity contribution in [2.24, 2.45) is 0 Å². The molecule has 0 radical (unpaired) electrons. The van der Waals surface area contributed by atoms with E-state index in [-0.39, 0.29) is 10.8 Å². The molecule has 7 rings (SSSR count). The summed E-state index contributed by atoms with van der Waals surface area (Å²) in [6, 6.07) is 35.9. The van der Waals surface area contributed by atoms with Gasteiger partial charge in [0.05, 0.1) is 5.52 Å². The summed E-state index contributed by atoms with van der Waals surface area (Å²) in [7, 11) is 0. The first-order valence-electron chi connectivity index (χ1n) is 14.3. The van der Waals surface area contributed by atoms with E-state index in [1.165, 1.54) is 70.7 Å². The van der Waals surface area contributed by atoms with Gasteiger partial charge in [-0.1, -0.05) is 120 Å². The lowest BCUT2D eigenvalue weighted by molar-refractivity contribution is 0.593. The molecule has 0 spiro atoms. The number of pyridine rings is 1. The standard InChI is InChI=1S/C39H35N/c1-38(2,3)35-31-20-17-24-13-11-21-40-37(24)34(31)36(39(4,5)6)30-19-18-26(23-33(30)35)32-22-25-12-7-8-14-27(25)28-15-9-10-16-29(28)32/h7-23H,1-6H3. The minimum atomic E-state index is -0.0596. The van der Waals surface area contributed by atoms with Gasteiger partial charge in [-0.05, 0) is 89.0 Å². The third-order valence-corrected chi connectivity index (χ3v) is 8.43. The molecule has 0 aliphatic rings. The monoisotopic (exact) mass is 517 g/mol. The van der Waals surface area contributed by atoms with E-state index in [2.05, 4.69) is 133 Å². The molecule has 0 N–H and O–H groups in total. The van der Waals surface area contributed by atoms with Crippen molar-refractivity contribution in [3.8, 4) is 11.1 Å². The molecule has 0 aliphatic carbocycles. The first-order valence-corrected chi connectivity index (χ1v) is 14.3. The first-order chi connectivity index (χ1) is 19.1. The van der Waals surface area contributed by atoms with Gasteiger partial charge in [-0.15, -0.1) is 0 Å². The van der Waals surface area contributed by atoms with Gasteiger partial charge in [-0.2, -0.15) is 0 Å². The lowest BCUT2D eigenvalue weighted by Gasteiger charge is -2.31. The Morgan fingerprint density at radius 2 is 1.12 bits per heavy atom. The van der Waals surface area contributed by atoms with Gasteiger partial charge in [-0.3, -0.25) is 4.98 Å². The molecule has 0 fully saturated rings. The van der Waals surface area contributed by atoms with E-state index < -0.39 is 0 Å². The largest absolute Gasteiger partial charge is 0.256 e. The fraction of sp³-hybridized carbons (Fsp3) is 0.205. The predicted octanol–water partition coefficient (Wildman–Crippen LogP) is 11.1. The maximum absolute atomic E-state index is 4.94. The first kappa shape index (κ1) is 24.8. The maximum Gasteiger partial charge on any atom is 0.0783 e. The van der Waals surface area contributed by atoms with Crippen LogP contribution in [0, 0.1) is 0 Å². The van der Waals surface area contributed by atoms with Crippen LogP contribution >= 0.6 is 0 Å². The summed E-state index contributed by atoms with van der Waals surface area (Å²) in [4.78, 5) is 4.94. The molecule has 1 heterocycles. The van der Waals surface area contributed by atoms with Crippen molar-refractivity contribution in [3.63, 3.8) is 0 Å². The zero-order valence-electron chi connectivity index (χ0n) is 24.3. The molecule has 1 nitrogen and oxygen atoms in total. The molecule has 0 bridgehead atoms. The quantitative estimate of drug-likeness (QED) is 0.156. The number of hydrogen-bond donors (Lipinski definition) is 0. The lowest BCUT2D eigenvalue weighted by Crippen LogP contribution is -2.18. The zero-order chi connectivity index (χ0) is 27.8. The molecule has 1 heteroatoms. The normalized spacial score (nSPS) is 12.8. The molecule has 6 aromatic carbocycles. The Morgan fingerprint density at radius 3 is 1.88 bits per heavy atom. The van der Waals surface area contributed by atoms with Crippen LogP contribution in [0.2, 0.25) is 0 Å². The average molecular weight is 518 g/mol. The molecule has 0 amide bonds.